The van der Waals surface area contributed by atoms with Crippen LogP contribution in [-0.2, 0) is 6.54 Å². The smallest absolute Gasteiger partial charge is 0.225 e. The van der Waals surface area contributed by atoms with Crippen LogP contribution in [0, 0.1) is 0 Å². The van der Waals surface area contributed by atoms with Crippen LogP contribution >= 0.6 is 0 Å². The number of hydrogen-bond acceptors (Lipinski definition) is 5. The van der Waals surface area contributed by atoms with Gasteiger partial charge in [-0.25, -0.2) is 4.98 Å². The summed E-state index contributed by atoms with van der Waals surface area (Å²) in [5, 5.41) is 7.90. The first kappa shape index (κ1) is 14.8. The Kier molecular flexibility index (Phi) is 3.91. The molecule has 0 saturated heterocycles. The number of fused-ring (bicyclic) bond motifs is 1. The number of benzene rings is 2. The van der Waals surface area contributed by atoms with Gasteiger partial charge in [0.05, 0.1) is 12.6 Å². The molecule has 4 rings (SSSR count). The van der Waals surface area contributed by atoms with E-state index in [1.54, 1.807) is 7.11 Å². The lowest BCUT2D eigenvalue weighted by Gasteiger charge is -2.11. The van der Waals surface area contributed by atoms with E-state index in [0.717, 1.165) is 28.0 Å². The van der Waals surface area contributed by atoms with Gasteiger partial charge in [-0.2, -0.15) is 4.98 Å². The second-order valence-electron chi connectivity index (χ2n) is 6.03. The summed E-state index contributed by atoms with van der Waals surface area (Å²) < 4.78 is 5.19. The Bertz CT molecular complexity index is 844. The zero-order valence-electron chi connectivity index (χ0n) is 13.6. The van der Waals surface area contributed by atoms with Crippen molar-refractivity contribution in [2.45, 2.75) is 25.4 Å². The van der Waals surface area contributed by atoms with Gasteiger partial charge in [-0.3, -0.25) is 0 Å². The van der Waals surface area contributed by atoms with Gasteiger partial charge in [0.15, 0.2) is 0 Å². The number of ether oxygens (including phenoxy) is 1. The zero-order chi connectivity index (χ0) is 16.4. The van der Waals surface area contributed by atoms with E-state index in [1.807, 2.05) is 42.5 Å². The number of rotatable bonds is 6. The van der Waals surface area contributed by atoms with E-state index >= 15 is 0 Å². The van der Waals surface area contributed by atoms with Crippen LogP contribution in [0.3, 0.4) is 0 Å². The van der Waals surface area contributed by atoms with Gasteiger partial charge < -0.3 is 15.4 Å². The van der Waals surface area contributed by atoms with Crippen molar-refractivity contribution in [1.82, 2.24) is 9.97 Å². The molecule has 0 aliphatic heterocycles. The molecule has 0 unspecified atom stereocenters. The minimum atomic E-state index is 0.553. The third kappa shape index (κ3) is 3.25. The third-order valence-electron chi connectivity index (χ3n) is 4.13. The van der Waals surface area contributed by atoms with Crippen LogP contribution in [0.1, 0.15) is 18.4 Å². The Hall–Kier alpha value is -2.82. The van der Waals surface area contributed by atoms with E-state index in [1.165, 1.54) is 12.8 Å². The van der Waals surface area contributed by atoms with Crippen LogP contribution in [0.15, 0.2) is 48.5 Å². The molecule has 0 radical (unpaired) electrons. The predicted octanol–water partition coefficient (Wildman–Crippen LogP) is 3.82. The van der Waals surface area contributed by atoms with Crippen molar-refractivity contribution in [3.8, 4) is 5.75 Å². The van der Waals surface area contributed by atoms with Gasteiger partial charge in [-0.15, -0.1) is 0 Å². The normalized spacial score (nSPS) is 13.7. The Morgan fingerprint density at radius 1 is 1.04 bits per heavy atom. The van der Waals surface area contributed by atoms with E-state index in [9.17, 15) is 0 Å². The molecular formula is C19H20N4O. The fourth-order valence-corrected chi connectivity index (χ4v) is 2.61. The highest BCUT2D eigenvalue weighted by molar-refractivity contribution is 5.90. The van der Waals surface area contributed by atoms with Crippen molar-refractivity contribution in [2.75, 3.05) is 17.7 Å². The van der Waals surface area contributed by atoms with Crippen LogP contribution in [0.5, 0.6) is 5.75 Å². The molecule has 2 aromatic carbocycles. The van der Waals surface area contributed by atoms with Crippen molar-refractivity contribution in [3.05, 3.63) is 54.1 Å². The van der Waals surface area contributed by atoms with E-state index in [-0.39, 0.29) is 0 Å². The lowest BCUT2D eigenvalue weighted by atomic mass is 10.2. The first-order valence-corrected chi connectivity index (χ1v) is 8.22. The van der Waals surface area contributed by atoms with Crippen molar-refractivity contribution < 1.29 is 4.74 Å². The standard InChI is InChI=1S/C19H20N4O/c1-24-15-10-6-13(7-11-15)12-20-19-22-17-5-3-2-4-16(17)18(23-19)21-14-8-9-14/h2-7,10-11,14H,8-9,12H2,1H3,(H2,20,21,22,23). The molecular weight excluding hydrogens is 300 g/mol. The molecule has 0 atom stereocenters. The van der Waals surface area contributed by atoms with E-state index in [2.05, 4.69) is 26.7 Å². The van der Waals surface area contributed by atoms with Gasteiger partial charge in [0, 0.05) is 18.0 Å². The minimum absolute atomic E-state index is 0.553. The van der Waals surface area contributed by atoms with Crippen LogP contribution in [0.2, 0.25) is 0 Å². The first-order chi connectivity index (χ1) is 11.8. The maximum Gasteiger partial charge on any atom is 0.225 e. The number of nitrogens with one attached hydrogen (secondary N) is 2. The molecule has 1 fully saturated rings. The number of hydrogen-bond donors (Lipinski definition) is 2. The number of anilines is 2. The third-order valence-corrected chi connectivity index (χ3v) is 4.13. The number of methoxy groups -OCH3 is 1. The Morgan fingerprint density at radius 3 is 2.58 bits per heavy atom. The van der Waals surface area contributed by atoms with Crippen LogP contribution in [0.4, 0.5) is 11.8 Å². The Labute approximate surface area is 141 Å². The lowest BCUT2D eigenvalue weighted by Crippen LogP contribution is -2.09. The predicted molar refractivity (Wildman–Crippen MR) is 96.5 cm³/mol. The highest BCUT2D eigenvalue weighted by atomic mass is 16.5. The zero-order valence-corrected chi connectivity index (χ0v) is 13.6. The van der Waals surface area contributed by atoms with Gasteiger partial charge >= 0.3 is 0 Å². The SMILES string of the molecule is COc1ccc(CNc2nc(NC3CC3)c3ccccc3n2)cc1. The molecule has 0 bridgehead atoms. The molecule has 1 aliphatic carbocycles. The molecule has 1 aromatic heterocycles. The fraction of sp³-hybridized carbons (Fsp3) is 0.263. The molecule has 3 aromatic rings. The van der Waals surface area contributed by atoms with Gasteiger partial charge in [0.2, 0.25) is 5.95 Å². The average molecular weight is 320 g/mol. The fourth-order valence-electron chi connectivity index (χ4n) is 2.61. The molecule has 0 spiro atoms. The summed E-state index contributed by atoms with van der Waals surface area (Å²) in [7, 11) is 1.67. The average Bonchev–Trinajstić information content (AvgIpc) is 3.44. The van der Waals surface area contributed by atoms with Crippen molar-refractivity contribution >= 4 is 22.7 Å². The first-order valence-electron chi connectivity index (χ1n) is 8.22. The Morgan fingerprint density at radius 2 is 1.83 bits per heavy atom. The molecule has 5 heteroatoms. The van der Waals surface area contributed by atoms with Gasteiger partial charge in [-0.1, -0.05) is 24.3 Å². The maximum atomic E-state index is 5.19. The Balaban J connectivity index is 1.56. The summed E-state index contributed by atoms with van der Waals surface area (Å²) in [4.78, 5) is 9.30. The van der Waals surface area contributed by atoms with Crippen LogP contribution < -0.4 is 15.4 Å². The number of para-hydroxylation sites is 1. The largest absolute Gasteiger partial charge is 0.497 e. The molecule has 24 heavy (non-hydrogen) atoms. The summed E-state index contributed by atoms with van der Waals surface area (Å²) in [6.45, 7) is 0.672. The van der Waals surface area contributed by atoms with Crippen molar-refractivity contribution in [1.29, 1.82) is 0 Å². The highest BCUT2D eigenvalue weighted by Crippen LogP contribution is 2.28. The van der Waals surface area contributed by atoms with Gasteiger partial charge in [0.1, 0.15) is 11.6 Å². The summed E-state index contributed by atoms with van der Waals surface area (Å²) in [6, 6.07) is 16.7. The van der Waals surface area contributed by atoms with Crippen LogP contribution in [0.25, 0.3) is 10.9 Å². The van der Waals surface area contributed by atoms with Crippen LogP contribution in [-0.4, -0.2) is 23.1 Å². The number of nitrogens with zero attached hydrogens (tertiary/aromatic N) is 2. The maximum absolute atomic E-state index is 5.19. The summed E-state index contributed by atoms with van der Waals surface area (Å²) in [5.74, 6) is 2.42. The van der Waals surface area contributed by atoms with Crippen molar-refractivity contribution in [2.24, 2.45) is 0 Å². The second-order valence-corrected chi connectivity index (χ2v) is 6.03. The van der Waals surface area contributed by atoms with Gasteiger partial charge in [0.25, 0.3) is 0 Å². The highest BCUT2D eigenvalue weighted by Gasteiger charge is 2.22. The molecule has 1 heterocycles. The molecule has 1 saturated carbocycles. The lowest BCUT2D eigenvalue weighted by molar-refractivity contribution is 0.414. The minimum Gasteiger partial charge on any atom is -0.497 e. The second kappa shape index (κ2) is 6.35. The number of aromatic nitrogens is 2. The molecule has 0 amide bonds. The molecule has 122 valence electrons. The van der Waals surface area contributed by atoms with Gasteiger partial charge in [-0.05, 0) is 42.7 Å². The topological polar surface area (TPSA) is 59.1 Å². The summed E-state index contributed by atoms with van der Waals surface area (Å²) in [6.07, 6.45) is 2.43. The summed E-state index contributed by atoms with van der Waals surface area (Å²) >= 11 is 0. The summed E-state index contributed by atoms with van der Waals surface area (Å²) in [5.41, 5.74) is 2.11. The van der Waals surface area contributed by atoms with E-state index < -0.39 is 0 Å². The molecule has 2 N–H and O–H groups in total. The monoisotopic (exact) mass is 320 g/mol. The van der Waals surface area contributed by atoms with Crippen molar-refractivity contribution in [3.63, 3.8) is 0 Å². The van der Waals surface area contributed by atoms with E-state index in [0.29, 0.717) is 18.5 Å². The quantitative estimate of drug-likeness (QED) is 0.723. The molecule has 1 aliphatic rings. The molecule has 5 nitrogen and oxygen atoms in total. The van der Waals surface area contributed by atoms with E-state index in [4.69, 9.17) is 4.74 Å².